The van der Waals surface area contributed by atoms with E-state index >= 15 is 0 Å². The largest absolute Gasteiger partial charge is 0.507 e. The molecule has 0 bridgehead atoms. The van der Waals surface area contributed by atoms with Crippen molar-refractivity contribution in [2.45, 2.75) is 50.9 Å². The van der Waals surface area contributed by atoms with Gasteiger partial charge in [0.2, 0.25) is 0 Å². The van der Waals surface area contributed by atoms with Gasteiger partial charge in [-0.3, -0.25) is 4.79 Å². The number of aromatic hydroxyl groups is 1. The van der Waals surface area contributed by atoms with E-state index < -0.39 is 30.1 Å². The molecule has 0 amide bonds. The van der Waals surface area contributed by atoms with Crippen LogP contribution in [0.5, 0.6) is 17.2 Å². The number of esters is 1. The average Bonchev–Trinajstić information content (AvgIpc) is 2.65. The summed E-state index contributed by atoms with van der Waals surface area (Å²) in [5, 5.41) is 30.4. The average molecular weight is 394 g/mol. The fraction of sp³-hybridized carbons (Fsp3) is 0.500. The quantitative estimate of drug-likeness (QED) is 0.650. The Hall–Kier alpha value is -2.58. The Morgan fingerprint density at radius 2 is 1.89 bits per heavy atom. The lowest BCUT2D eigenvalue weighted by atomic mass is 9.99. The molecule has 3 N–H and O–H groups in total. The molecule has 0 saturated heterocycles. The molecule has 0 aromatic heterocycles. The van der Waals surface area contributed by atoms with E-state index in [1.807, 2.05) is 0 Å². The minimum absolute atomic E-state index is 0.0427. The van der Waals surface area contributed by atoms with Crippen molar-refractivity contribution in [1.82, 2.24) is 0 Å². The summed E-state index contributed by atoms with van der Waals surface area (Å²) in [5.74, 6) is -1.13. The third kappa shape index (κ3) is 4.82. The number of rotatable bonds is 2. The Balaban J connectivity index is 2.55. The normalized spacial score (nSPS) is 25.2. The van der Waals surface area contributed by atoms with Gasteiger partial charge in [0.25, 0.3) is 0 Å². The van der Waals surface area contributed by atoms with Gasteiger partial charge >= 0.3 is 5.97 Å². The number of hydrogen-bond acceptors (Lipinski definition) is 8. The number of cyclic esters (lactones) is 1. The van der Waals surface area contributed by atoms with Crippen LogP contribution in [0.15, 0.2) is 12.1 Å². The SMILES string of the molecule is COc1cc(O)c2c(c1OC)/C=C/C[C@H](O)[C@@H](O)C(=O)CCC[C@H](C)OC2=O. The number of hydrogen-bond donors (Lipinski definition) is 3. The second-order valence-electron chi connectivity index (χ2n) is 6.64. The van der Waals surface area contributed by atoms with Gasteiger partial charge in [0.15, 0.2) is 17.3 Å². The van der Waals surface area contributed by atoms with Crippen LogP contribution in [0, 0.1) is 0 Å². The van der Waals surface area contributed by atoms with Crippen molar-refractivity contribution in [3.05, 3.63) is 23.3 Å². The minimum atomic E-state index is -1.49. The van der Waals surface area contributed by atoms with Crippen molar-refractivity contribution < 1.29 is 39.1 Å². The van der Waals surface area contributed by atoms with E-state index in [9.17, 15) is 24.9 Å². The Labute approximate surface area is 163 Å². The zero-order chi connectivity index (χ0) is 20.8. The van der Waals surface area contributed by atoms with Gasteiger partial charge in [-0.05, 0) is 26.2 Å². The molecule has 1 aromatic carbocycles. The van der Waals surface area contributed by atoms with E-state index in [1.54, 1.807) is 6.92 Å². The van der Waals surface area contributed by atoms with Crippen LogP contribution in [0.2, 0.25) is 0 Å². The molecule has 3 atom stereocenters. The van der Waals surface area contributed by atoms with E-state index in [2.05, 4.69) is 0 Å². The monoisotopic (exact) mass is 394 g/mol. The second-order valence-corrected chi connectivity index (χ2v) is 6.64. The molecule has 8 heteroatoms. The molecule has 28 heavy (non-hydrogen) atoms. The van der Waals surface area contributed by atoms with Crippen LogP contribution < -0.4 is 9.47 Å². The van der Waals surface area contributed by atoms with Crippen LogP contribution in [0.1, 0.15) is 48.5 Å². The van der Waals surface area contributed by atoms with Crippen molar-refractivity contribution in [3.63, 3.8) is 0 Å². The van der Waals surface area contributed by atoms with E-state index in [1.165, 1.54) is 32.4 Å². The van der Waals surface area contributed by atoms with Crippen LogP contribution in [0.3, 0.4) is 0 Å². The highest BCUT2D eigenvalue weighted by Gasteiger charge is 2.27. The number of phenolic OH excluding ortho intramolecular Hbond substituents is 1. The first kappa shape index (κ1) is 21.7. The molecule has 8 nitrogen and oxygen atoms in total. The summed E-state index contributed by atoms with van der Waals surface area (Å²) >= 11 is 0. The molecule has 1 aliphatic heterocycles. The summed E-state index contributed by atoms with van der Waals surface area (Å²) in [6, 6.07) is 1.26. The fourth-order valence-electron chi connectivity index (χ4n) is 3.06. The number of methoxy groups -OCH3 is 2. The van der Waals surface area contributed by atoms with Gasteiger partial charge in [-0.25, -0.2) is 4.79 Å². The Bertz CT molecular complexity index is 755. The molecule has 1 aliphatic rings. The number of carbonyl (C=O) groups is 2. The highest BCUT2D eigenvalue weighted by atomic mass is 16.5. The van der Waals surface area contributed by atoms with Crippen LogP contribution in [-0.2, 0) is 9.53 Å². The Morgan fingerprint density at radius 1 is 1.18 bits per heavy atom. The predicted octanol–water partition coefficient (Wildman–Crippen LogP) is 1.83. The molecule has 1 heterocycles. The molecule has 2 rings (SSSR count). The molecule has 0 unspecified atom stereocenters. The number of fused-ring (bicyclic) bond motifs is 1. The van der Waals surface area contributed by atoms with Crippen molar-refractivity contribution in [1.29, 1.82) is 0 Å². The molecule has 154 valence electrons. The van der Waals surface area contributed by atoms with Gasteiger partial charge < -0.3 is 29.5 Å². The summed E-state index contributed by atoms with van der Waals surface area (Å²) in [4.78, 5) is 24.7. The number of ketones is 1. The van der Waals surface area contributed by atoms with Crippen molar-refractivity contribution >= 4 is 17.8 Å². The first-order chi connectivity index (χ1) is 13.3. The highest BCUT2D eigenvalue weighted by Crippen LogP contribution is 2.40. The van der Waals surface area contributed by atoms with Crippen LogP contribution in [0.25, 0.3) is 6.08 Å². The highest BCUT2D eigenvalue weighted by molar-refractivity contribution is 5.98. The maximum atomic E-state index is 12.7. The predicted molar refractivity (Wildman–Crippen MR) is 101 cm³/mol. The number of phenols is 1. The van der Waals surface area contributed by atoms with Crippen molar-refractivity contribution in [2.75, 3.05) is 14.2 Å². The lowest BCUT2D eigenvalue weighted by Gasteiger charge is -2.20. The summed E-state index contributed by atoms with van der Waals surface area (Å²) in [6.45, 7) is 1.67. The van der Waals surface area contributed by atoms with Crippen LogP contribution in [0.4, 0.5) is 0 Å². The third-order valence-electron chi connectivity index (χ3n) is 4.59. The number of benzene rings is 1. The zero-order valence-electron chi connectivity index (χ0n) is 16.2. The lowest BCUT2D eigenvalue weighted by Crippen LogP contribution is -2.33. The molecular formula is C20H26O8. The van der Waals surface area contributed by atoms with Gasteiger partial charge in [0, 0.05) is 18.1 Å². The number of aliphatic hydroxyl groups excluding tert-OH is 2. The molecule has 1 aromatic rings. The molecular weight excluding hydrogens is 368 g/mol. The maximum Gasteiger partial charge on any atom is 0.342 e. The molecule has 0 aliphatic carbocycles. The summed E-state index contributed by atoms with van der Waals surface area (Å²) in [6.07, 6.45) is 0.426. The molecule has 0 saturated carbocycles. The van der Waals surface area contributed by atoms with Crippen LogP contribution in [-0.4, -0.2) is 59.6 Å². The number of Topliss-reactive ketones (excluding diaryl/α,β-unsaturated/α-hetero) is 1. The van der Waals surface area contributed by atoms with E-state index in [4.69, 9.17) is 14.2 Å². The van der Waals surface area contributed by atoms with Gasteiger partial charge in [-0.2, -0.15) is 0 Å². The first-order valence-corrected chi connectivity index (χ1v) is 9.04. The van der Waals surface area contributed by atoms with Crippen molar-refractivity contribution in [3.8, 4) is 17.2 Å². The van der Waals surface area contributed by atoms with Crippen molar-refractivity contribution in [2.24, 2.45) is 0 Å². The Morgan fingerprint density at radius 3 is 2.54 bits per heavy atom. The van der Waals surface area contributed by atoms with Gasteiger partial charge in [-0.1, -0.05) is 12.2 Å². The first-order valence-electron chi connectivity index (χ1n) is 9.04. The van der Waals surface area contributed by atoms with Gasteiger partial charge in [0.05, 0.1) is 26.4 Å². The lowest BCUT2D eigenvalue weighted by molar-refractivity contribution is -0.132. The molecule has 0 spiro atoms. The standard InChI is InChI=1S/C20H26O8/c1-11-6-4-8-13(21)18(24)14(22)9-5-7-12-17(20(25)28-11)15(23)10-16(26-2)19(12)27-3/h5,7,10-11,14,18,22-24H,4,6,8-9H2,1-3H3/b7-5+/t11-,14-,18-/m0/s1. The fourth-order valence-corrected chi connectivity index (χ4v) is 3.06. The van der Waals surface area contributed by atoms with Crippen LogP contribution >= 0.6 is 0 Å². The number of ether oxygens (including phenoxy) is 3. The molecule has 0 radical (unpaired) electrons. The van der Waals surface area contributed by atoms with Gasteiger partial charge in [0.1, 0.15) is 17.4 Å². The topological polar surface area (TPSA) is 123 Å². The van der Waals surface area contributed by atoms with E-state index in [-0.39, 0.29) is 41.2 Å². The van der Waals surface area contributed by atoms with E-state index in [0.717, 1.165) is 0 Å². The van der Waals surface area contributed by atoms with Gasteiger partial charge in [-0.15, -0.1) is 0 Å². The zero-order valence-corrected chi connectivity index (χ0v) is 16.2. The van der Waals surface area contributed by atoms with E-state index in [0.29, 0.717) is 12.8 Å². The smallest absolute Gasteiger partial charge is 0.342 e. The third-order valence-corrected chi connectivity index (χ3v) is 4.59. The maximum absolute atomic E-state index is 12.7. The number of aliphatic hydroxyl groups is 2. The summed E-state index contributed by atoms with van der Waals surface area (Å²) in [7, 11) is 2.78. The Kier molecular flexibility index (Phi) is 7.42. The minimum Gasteiger partial charge on any atom is -0.507 e. The second kappa shape index (κ2) is 9.57. The summed E-state index contributed by atoms with van der Waals surface area (Å²) in [5.41, 5.74) is 0.116. The summed E-state index contributed by atoms with van der Waals surface area (Å²) < 4.78 is 15.9. The number of carbonyl (C=O) groups excluding carboxylic acids is 2. The molecule has 0 fully saturated rings.